The van der Waals surface area contributed by atoms with Crippen molar-refractivity contribution < 1.29 is 15.2 Å². The van der Waals surface area contributed by atoms with Gasteiger partial charge in [0.15, 0.2) is 0 Å². The largest absolute Gasteiger partial charge is 0.508 e. The van der Waals surface area contributed by atoms with Crippen LogP contribution in [0.5, 0.6) is 11.5 Å². The van der Waals surface area contributed by atoms with Crippen molar-refractivity contribution in [3.05, 3.63) is 59.7 Å². The van der Waals surface area contributed by atoms with Crippen LogP contribution in [-0.2, 0) is 13.0 Å². The van der Waals surface area contributed by atoms with E-state index in [0.717, 1.165) is 25.1 Å². The van der Waals surface area contributed by atoms with Crippen LogP contribution in [0.4, 0.5) is 0 Å². The van der Waals surface area contributed by atoms with E-state index in [9.17, 15) is 5.11 Å². The summed E-state index contributed by atoms with van der Waals surface area (Å²) in [6, 6.07) is 16.3. The number of ether oxygens (including phenoxy) is 1. The molecule has 0 amide bonds. The molecule has 0 saturated carbocycles. The smallest absolute Gasteiger partial charge is 0.118 e. The topological polar surface area (TPSA) is 46.1 Å². The number of phenolic OH excluding ortho intramolecular Hbond substituents is 1. The zero-order valence-corrected chi connectivity index (χ0v) is 12.8. The molecule has 0 aliphatic carbocycles. The fourth-order valence-electron chi connectivity index (χ4n) is 2.27. The Labute approximate surface area is 126 Å². The second kappa shape index (κ2) is 7.70. The van der Waals surface area contributed by atoms with E-state index >= 15 is 0 Å². The average Bonchev–Trinajstić information content (AvgIpc) is 2.53. The molecule has 3 nitrogen and oxygen atoms in total. The lowest BCUT2D eigenvalue weighted by Crippen LogP contribution is -2.87. The molecular weight excluding hydrogens is 262 g/mol. The number of hydrogen-bond acceptors (Lipinski definition) is 2. The van der Waals surface area contributed by atoms with Crippen LogP contribution in [0.15, 0.2) is 48.5 Å². The normalized spacial score (nSPS) is 12.1. The first kappa shape index (κ1) is 15.4. The van der Waals surface area contributed by atoms with E-state index in [4.69, 9.17) is 4.74 Å². The van der Waals surface area contributed by atoms with E-state index in [1.165, 1.54) is 11.1 Å². The third-order valence-corrected chi connectivity index (χ3v) is 3.74. The molecule has 0 aliphatic heterocycles. The molecule has 112 valence electrons. The lowest BCUT2D eigenvalue weighted by atomic mass is 10.1. The molecule has 0 spiro atoms. The van der Waals surface area contributed by atoms with Gasteiger partial charge in [0.25, 0.3) is 0 Å². The van der Waals surface area contributed by atoms with Crippen molar-refractivity contribution in [1.29, 1.82) is 0 Å². The summed E-state index contributed by atoms with van der Waals surface area (Å²) < 4.78 is 5.16. The summed E-state index contributed by atoms with van der Waals surface area (Å²) in [4.78, 5) is 0. The number of quaternary nitrogens is 1. The van der Waals surface area contributed by atoms with Crippen molar-refractivity contribution in [2.45, 2.75) is 32.4 Å². The van der Waals surface area contributed by atoms with Crippen molar-refractivity contribution in [1.82, 2.24) is 0 Å². The number of aryl methyl sites for hydroxylation is 1. The second-order valence-corrected chi connectivity index (χ2v) is 5.47. The number of aromatic hydroxyl groups is 1. The van der Waals surface area contributed by atoms with Crippen LogP contribution in [0.2, 0.25) is 0 Å². The van der Waals surface area contributed by atoms with Gasteiger partial charge in [-0.05, 0) is 55.3 Å². The zero-order chi connectivity index (χ0) is 15.1. The summed E-state index contributed by atoms with van der Waals surface area (Å²) >= 11 is 0. The van der Waals surface area contributed by atoms with E-state index in [1.54, 1.807) is 19.2 Å². The van der Waals surface area contributed by atoms with Gasteiger partial charge in [-0.3, -0.25) is 0 Å². The SMILES string of the molecule is COc1ccc(C[NH2+][C@@H](C)CCc2ccc(O)cc2)cc1. The molecule has 3 heteroatoms. The first-order valence-electron chi connectivity index (χ1n) is 7.41. The zero-order valence-electron chi connectivity index (χ0n) is 12.8. The van der Waals surface area contributed by atoms with Crippen molar-refractivity contribution in [3.63, 3.8) is 0 Å². The highest BCUT2D eigenvalue weighted by atomic mass is 16.5. The summed E-state index contributed by atoms with van der Waals surface area (Å²) in [7, 11) is 1.69. The van der Waals surface area contributed by atoms with Gasteiger partial charge in [-0.2, -0.15) is 0 Å². The first-order chi connectivity index (χ1) is 10.2. The summed E-state index contributed by atoms with van der Waals surface area (Å²) in [5.41, 5.74) is 2.59. The minimum atomic E-state index is 0.331. The quantitative estimate of drug-likeness (QED) is 0.821. The van der Waals surface area contributed by atoms with Crippen LogP contribution < -0.4 is 10.1 Å². The van der Waals surface area contributed by atoms with Crippen molar-refractivity contribution in [2.24, 2.45) is 0 Å². The van der Waals surface area contributed by atoms with Gasteiger partial charge in [-0.1, -0.05) is 12.1 Å². The maximum Gasteiger partial charge on any atom is 0.118 e. The number of phenols is 1. The molecule has 0 radical (unpaired) electrons. The van der Waals surface area contributed by atoms with Gasteiger partial charge in [0.05, 0.1) is 13.2 Å². The Bertz CT molecular complexity index is 534. The van der Waals surface area contributed by atoms with Crippen LogP contribution >= 0.6 is 0 Å². The lowest BCUT2D eigenvalue weighted by Gasteiger charge is -2.11. The fourth-order valence-corrected chi connectivity index (χ4v) is 2.27. The molecule has 0 fully saturated rings. The van der Waals surface area contributed by atoms with Crippen LogP contribution in [0.3, 0.4) is 0 Å². The predicted molar refractivity (Wildman–Crippen MR) is 84.5 cm³/mol. The minimum Gasteiger partial charge on any atom is -0.508 e. The van der Waals surface area contributed by atoms with Gasteiger partial charge < -0.3 is 15.2 Å². The standard InChI is InChI=1S/C18H23NO2/c1-14(3-4-15-5-9-17(20)10-6-15)19-13-16-7-11-18(21-2)12-8-16/h5-12,14,19-20H,3-4,13H2,1-2H3/p+1/t14-/m0/s1. The van der Waals surface area contributed by atoms with Gasteiger partial charge in [0, 0.05) is 12.0 Å². The molecule has 2 aromatic carbocycles. The number of rotatable bonds is 7. The molecule has 0 unspecified atom stereocenters. The number of hydrogen-bond donors (Lipinski definition) is 2. The molecule has 0 aliphatic rings. The first-order valence-corrected chi connectivity index (χ1v) is 7.41. The Hall–Kier alpha value is -2.00. The number of methoxy groups -OCH3 is 1. The van der Waals surface area contributed by atoms with Gasteiger partial charge in [0.1, 0.15) is 18.0 Å². The number of nitrogens with two attached hydrogens (primary N) is 1. The Balaban J connectivity index is 1.73. The molecule has 3 N–H and O–H groups in total. The Morgan fingerprint density at radius 2 is 1.62 bits per heavy atom. The highest BCUT2D eigenvalue weighted by Gasteiger charge is 2.06. The van der Waals surface area contributed by atoms with Gasteiger partial charge in [0.2, 0.25) is 0 Å². The molecule has 0 saturated heterocycles. The predicted octanol–water partition coefficient (Wildman–Crippen LogP) is 2.49. The van der Waals surface area contributed by atoms with E-state index in [-0.39, 0.29) is 0 Å². The summed E-state index contributed by atoms with van der Waals surface area (Å²) in [6.45, 7) is 3.24. The van der Waals surface area contributed by atoms with Crippen LogP contribution in [0, 0.1) is 0 Å². The van der Waals surface area contributed by atoms with Crippen molar-refractivity contribution in [3.8, 4) is 11.5 Å². The molecule has 2 rings (SSSR count). The Kier molecular flexibility index (Phi) is 5.64. The highest BCUT2D eigenvalue weighted by Crippen LogP contribution is 2.12. The molecule has 0 aromatic heterocycles. The monoisotopic (exact) mass is 286 g/mol. The highest BCUT2D eigenvalue weighted by molar-refractivity contribution is 5.27. The van der Waals surface area contributed by atoms with E-state index in [2.05, 4.69) is 24.4 Å². The lowest BCUT2D eigenvalue weighted by molar-refractivity contribution is -0.701. The van der Waals surface area contributed by atoms with Crippen molar-refractivity contribution >= 4 is 0 Å². The molecular formula is C18H24NO2+. The number of benzene rings is 2. The minimum absolute atomic E-state index is 0.331. The third kappa shape index (κ3) is 5.12. The van der Waals surface area contributed by atoms with Crippen LogP contribution in [0.25, 0.3) is 0 Å². The van der Waals surface area contributed by atoms with Crippen molar-refractivity contribution in [2.75, 3.05) is 7.11 Å². The average molecular weight is 286 g/mol. The second-order valence-electron chi connectivity index (χ2n) is 5.47. The molecule has 21 heavy (non-hydrogen) atoms. The molecule has 0 bridgehead atoms. The summed E-state index contributed by atoms with van der Waals surface area (Å²) in [6.07, 6.45) is 2.17. The molecule has 1 atom stereocenters. The van der Waals surface area contributed by atoms with Gasteiger partial charge in [-0.15, -0.1) is 0 Å². The summed E-state index contributed by atoms with van der Waals surface area (Å²) in [5, 5.41) is 11.6. The Morgan fingerprint density at radius 3 is 2.24 bits per heavy atom. The molecule has 2 aromatic rings. The fraction of sp³-hybridized carbons (Fsp3) is 0.333. The Morgan fingerprint density at radius 1 is 1.00 bits per heavy atom. The van der Waals surface area contributed by atoms with E-state index in [1.807, 2.05) is 24.3 Å². The van der Waals surface area contributed by atoms with E-state index in [0.29, 0.717) is 11.8 Å². The van der Waals surface area contributed by atoms with Crippen LogP contribution in [0.1, 0.15) is 24.5 Å². The maximum atomic E-state index is 9.27. The van der Waals surface area contributed by atoms with E-state index < -0.39 is 0 Å². The molecule has 0 heterocycles. The third-order valence-electron chi connectivity index (χ3n) is 3.74. The van der Waals surface area contributed by atoms with Gasteiger partial charge in [-0.25, -0.2) is 0 Å². The summed E-state index contributed by atoms with van der Waals surface area (Å²) in [5.74, 6) is 1.23. The van der Waals surface area contributed by atoms with Crippen LogP contribution in [-0.4, -0.2) is 18.3 Å². The maximum absolute atomic E-state index is 9.27. The van der Waals surface area contributed by atoms with Gasteiger partial charge >= 0.3 is 0 Å².